The first-order valence-corrected chi connectivity index (χ1v) is 8.47. The van der Waals surface area contributed by atoms with Gasteiger partial charge in [-0.2, -0.15) is 0 Å². The molecule has 3 rings (SSSR count). The van der Waals surface area contributed by atoms with Gasteiger partial charge in [0, 0.05) is 12.6 Å². The van der Waals surface area contributed by atoms with Crippen LogP contribution >= 0.6 is 0 Å². The monoisotopic (exact) mass is 343 g/mol. The number of carbonyl (C=O) groups is 1. The lowest BCUT2D eigenvalue weighted by atomic mass is 10.0. The molecule has 0 aliphatic carbocycles. The number of hydrogen-bond donors (Lipinski definition) is 3. The molecule has 2 saturated heterocycles. The highest BCUT2D eigenvalue weighted by molar-refractivity contribution is 7.85. The van der Waals surface area contributed by atoms with E-state index in [1.165, 1.54) is 12.1 Å². The number of ether oxygens (including phenoxy) is 1. The van der Waals surface area contributed by atoms with Crippen LogP contribution in [0.15, 0.2) is 12.1 Å². The van der Waals surface area contributed by atoms with Crippen molar-refractivity contribution < 1.29 is 23.2 Å². The van der Waals surface area contributed by atoms with E-state index >= 15 is 0 Å². The highest BCUT2D eigenvalue weighted by Crippen LogP contribution is 2.34. The highest BCUT2D eigenvalue weighted by Gasteiger charge is 2.32. The van der Waals surface area contributed by atoms with E-state index in [1.54, 1.807) is 0 Å². The lowest BCUT2D eigenvalue weighted by molar-refractivity contribution is -0.117. The van der Waals surface area contributed by atoms with Crippen molar-refractivity contribution in [3.63, 3.8) is 0 Å². The number of aromatic hydroxyl groups is 1. The quantitative estimate of drug-likeness (QED) is 0.714. The van der Waals surface area contributed by atoms with Gasteiger partial charge >= 0.3 is 0 Å². The average molecular weight is 343 g/mol. The summed E-state index contributed by atoms with van der Waals surface area (Å²) >= 11 is -1.88. The fraction of sp³-hybridized carbons (Fsp3) is 0.500. The number of morpholine rings is 1. The molecular weight excluding hydrogens is 325 g/mol. The van der Waals surface area contributed by atoms with E-state index in [0.29, 0.717) is 31.6 Å². The average Bonchev–Trinajstić information content (AvgIpc) is 2.86. The number of phenols is 1. The Balaban J connectivity index is 1.78. The van der Waals surface area contributed by atoms with E-state index < -0.39 is 22.9 Å². The summed E-state index contributed by atoms with van der Waals surface area (Å²) < 4.78 is 35.1. The van der Waals surface area contributed by atoms with Gasteiger partial charge in [0.25, 0.3) is 5.91 Å². The zero-order chi connectivity index (χ0) is 16.4. The molecule has 9 heteroatoms. The molecule has 2 aliphatic rings. The van der Waals surface area contributed by atoms with Crippen LogP contribution in [0.2, 0.25) is 0 Å². The Morgan fingerprint density at radius 3 is 2.96 bits per heavy atom. The van der Waals surface area contributed by atoms with Crippen LogP contribution in [0.5, 0.6) is 5.75 Å². The molecule has 2 aliphatic heterocycles. The molecule has 2 atom stereocenters. The first-order valence-electron chi connectivity index (χ1n) is 7.36. The topological polar surface area (TPSA) is 90.9 Å². The highest BCUT2D eigenvalue weighted by atomic mass is 32.2. The second-order valence-electron chi connectivity index (χ2n) is 5.48. The third-order valence-electron chi connectivity index (χ3n) is 3.87. The summed E-state index contributed by atoms with van der Waals surface area (Å²) in [5, 5.41) is 13.2. The van der Waals surface area contributed by atoms with Gasteiger partial charge < -0.3 is 15.2 Å². The summed E-state index contributed by atoms with van der Waals surface area (Å²) in [4.78, 5) is 11.3. The summed E-state index contributed by atoms with van der Waals surface area (Å²) in [6.07, 6.45) is 1.13. The molecule has 1 aromatic rings. The number of amides is 1. The molecule has 3 N–H and O–H groups in total. The number of anilines is 1. The number of nitrogens with one attached hydrogen (secondary N) is 2. The zero-order valence-electron chi connectivity index (χ0n) is 12.4. The van der Waals surface area contributed by atoms with Gasteiger partial charge in [-0.25, -0.2) is 8.60 Å². The van der Waals surface area contributed by atoms with Gasteiger partial charge in [-0.3, -0.25) is 13.8 Å². The zero-order valence-corrected chi connectivity index (χ0v) is 13.2. The summed E-state index contributed by atoms with van der Waals surface area (Å²) in [6, 6.07) is 3.02. The van der Waals surface area contributed by atoms with Crippen LogP contribution in [-0.2, 0) is 27.1 Å². The van der Waals surface area contributed by atoms with Crippen molar-refractivity contribution in [3.8, 4) is 5.75 Å². The van der Waals surface area contributed by atoms with Gasteiger partial charge in [0.05, 0.1) is 13.2 Å². The number of hydrogen-bond acceptors (Lipinski definition) is 5. The second-order valence-corrected chi connectivity index (χ2v) is 6.63. The maximum Gasteiger partial charge on any atom is 0.253 e. The molecule has 7 nitrogen and oxygen atoms in total. The minimum atomic E-state index is -1.88. The Kier molecular flexibility index (Phi) is 4.79. The summed E-state index contributed by atoms with van der Waals surface area (Å²) in [5.74, 6) is -1.46. The van der Waals surface area contributed by atoms with Crippen LogP contribution in [0.1, 0.15) is 12.0 Å². The Labute approximate surface area is 135 Å². The minimum absolute atomic E-state index is 0.157. The van der Waals surface area contributed by atoms with Gasteiger partial charge in [0.15, 0.2) is 5.82 Å². The van der Waals surface area contributed by atoms with Gasteiger partial charge in [-0.15, -0.1) is 0 Å². The first-order chi connectivity index (χ1) is 11.1. The first kappa shape index (κ1) is 16.2. The molecule has 0 saturated carbocycles. The molecule has 0 bridgehead atoms. The molecule has 2 heterocycles. The molecule has 0 radical (unpaired) electrons. The molecule has 0 aromatic heterocycles. The smallest absolute Gasteiger partial charge is 0.253 e. The van der Waals surface area contributed by atoms with E-state index in [9.17, 15) is 18.5 Å². The molecule has 23 heavy (non-hydrogen) atoms. The van der Waals surface area contributed by atoms with Crippen molar-refractivity contribution in [1.29, 1.82) is 0 Å². The minimum Gasteiger partial charge on any atom is -0.506 e. The van der Waals surface area contributed by atoms with Crippen LogP contribution in [-0.4, -0.2) is 47.6 Å². The number of nitrogens with zero attached hydrogens (tertiary/aromatic N) is 1. The van der Waals surface area contributed by atoms with Crippen molar-refractivity contribution in [2.24, 2.45) is 0 Å². The molecular formula is C14H18FN3O4S. The van der Waals surface area contributed by atoms with Crippen LogP contribution < -0.4 is 14.3 Å². The molecule has 2 unspecified atom stereocenters. The third kappa shape index (κ3) is 3.46. The van der Waals surface area contributed by atoms with Crippen molar-refractivity contribution in [1.82, 2.24) is 10.0 Å². The van der Waals surface area contributed by atoms with Gasteiger partial charge in [-0.05, 0) is 24.5 Å². The molecule has 2 fully saturated rings. The van der Waals surface area contributed by atoms with Gasteiger partial charge in [-0.1, -0.05) is 6.07 Å². The van der Waals surface area contributed by atoms with E-state index in [-0.39, 0.29) is 24.0 Å². The van der Waals surface area contributed by atoms with Crippen molar-refractivity contribution in [3.05, 3.63) is 23.5 Å². The number of carbonyl (C=O) groups excluding carboxylic acids is 1. The van der Waals surface area contributed by atoms with Crippen LogP contribution in [0.25, 0.3) is 0 Å². The largest absolute Gasteiger partial charge is 0.506 e. The SMILES string of the molecule is O=C1CN(c2c(O)ccc(CCC3COCCN3)c2F)S(=O)N1. The van der Waals surface area contributed by atoms with E-state index in [2.05, 4.69) is 10.0 Å². The van der Waals surface area contributed by atoms with Crippen LogP contribution in [0, 0.1) is 5.82 Å². The number of aryl methyl sites for hydroxylation is 1. The third-order valence-corrected chi connectivity index (χ3v) is 4.99. The Hall–Kier alpha value is -1.71. The predicted molar refractivity (Wildman–Crippen MR) is 82.6 cm³/mol. The van der Waals surface area contributed by atoms with E-state index in [4.69, 9.17) is 4.74 Å². The van der Waals surface area contributed by atoms with Crippen LogP contribution in [0.4, 0.5) is 10.1 Å². The van der Waals surface area contributed by atoms with Crippen LogP contribution in [0.3, 0.4) is 0 Å². The molecule has 126 valence electrons. The maximum absolute atomic E-state index is 14.7. The lowest BCUT2D eigenvalue weighted by Gasteiger charge is -2.24. The summed E-state index contributed by atoms with van der Waals surface area (Å²) in [6.45, 7) is 1.78. The van der Waals surface area contributed by atoms with E-state index in [1.807, 2.05) is 0 Å². The Morgan fingerprint density at radius 2 is 2.30 bits per heavy atom. The number of rotatable bonds is 4. The lowest BCUT2D eigenvalue weighted by Crippen LogP contribution is -2.41. The number of benzene rings is 1. The van der Waals surface area contributed by atoms with Gasteiger partial charge in [0.1, 0.15) is 18.0 Å². The van der Waals surface area contributed by atoms with Crippen molar-refractivity contribution in [2.75, 3.05) is 30.6 Å². The summed E-state index contributed by atoms with van der Waals surface area (Å²) in [5.41, 5.74) is 0.202. The Bertz CT molecular complexity index is 637. The maximum atomic E-state index is 14.7. The summed E-state index contributed by atoms with van der Waals surface area (Å²) in [7, 11) is 0. The fourth-order valence-electron chi connectivity index (χ4n) is 2.70. The van der Waals surface area contributed by atoms with Crippen molar-refractivity contribution in [2.45, 2.75) is 18.9 Å². The van der Waals surface area contributed by atoms with Crippen molar-refractivity contribution >= 4 is 22.8 Å². The molecule has 1 aromatic carbocycles. The van der Waals surface area contributed by atoms with E-state index in [0.717, 1.165) is 10.8 Å². The second kappa shape index (κ2) is 6.81. The molecule has 1 amide bonds. The Morgan fingerprint density at radius 1 is 1.48 bits per heavy atom. The fourth-order valence-corrected chi connectivity index (χ4v) is 3.64. The molecule has 0 spiro atoms. The van der Waals surface area contributed by atoms with Gasteiger partial charge in [0.2, 0.25) is 11.2 Å². The standard InChI is InChI=1S/C14H18FN3O4S/c15-13-9(1-3-10-8-22-6-5-16-10)2-4-11(19)14(13)18-7-12(20)17-23(18)21/h2,4,10,16,19H,1,3,5-8H2,(H,17,20). The predicted octanol–water partition coefficient (Wildman–Crippen LogP) is -0.0328. The number of halogens is 1. The normalized spacial score (nSPS) is 24.7. The number of phenolic OH excluding ortho intramolecular Hbond substituents is 1.